The summed E-state index contributed by atoms with van der Waals surface area (Å²) < 4.78 is 41.2. The third-order valence-electron chi connectivity index (χ3n) is 2.29. The quantitative estimate of drug-likeness (QED) is 0.736. The fourth-order valence-electron chi connectivity index (χ4n) is 1.79. The van der Waals surface area contributed by atoms with Gasteiger partial charge in [0, 0.05) is 6.04 Å². The predicted molar refractivity (Wildman–Crippen MR) is 47.2 cm³/mol. The summed E-state index contributed by atoms with van der Waals surface area (Å²) in [5.74, 6) is -1.87. The van der Waals surface area contributed by atoms with Gasteiger partial charge in [-0.25, -0.2) is 0 Å². The number of nitrogens with one attached hydrogen (secondary N) is 1. The van der Waals surface area contributed by atoms with Crippen LogP contribution in [0.1, 0.15) is 26.7 Å². The van der Waals surface area contributed by atoms with Gasteiger partial charge in [0.15, 0.2) is 0 Å². The number of hydrogen-bond acceptors (Lipinski definition) is 2. The number of rotatable bonds is 1. The Kier molecular flexibility index (Phi) is 3.59. The molecule has 6 heteroatoms. The molecule has 15 heavy (non-hydrogen) atoms. The van der Waals surface area contributed by atoms with E-state index in [4.69, 9.17) is 4.74 Å². The average Bonchev–Trinajstić information content (AvgIpc) is 1.99. The number of carbonyl (C=O) groups is 1. The van der Waals surface area contributed by atoms with Crippen LogP contribution in [0.3, 0.4) is 0 Å². The number of carbonyl (C=O) groups excluding carboxylic acids is 1. The zero-order valence-corrected chi connectivity index (χ0v) is 8.60. The van der Waals surface area contributed by atoms with Crippen molar-refractivity contribution in [2.75, 3.05) is 0 Å². The van der Waals surface area contributed by atoms with Crippen LogP contribution in [0.25, 0.3) is 0 Å². The Hall–Kier alpha value is -0.780. The Balaban J connectivity index is 2.48. The van der Waals surface area contributed by atoms with Crippen molar-refractivity contribution in [2.24, 2.45) is 0 Å². The lowest BCUT2D eigenvalue weighted by Gasteiger charge is -2.32. The average molecular weight is 225 g/mol. The molecule has 1 amide bonds. The summed E-state index contributed by atoms with van der Waals surface area (Å²) in [6.45, 7) is 3.56. The van der Waals surface area contributed by atoms with E-state index < -0.39 is 18.1 Å². The Morgan fingerprint density at radius 1 is 1.27 bits per heavy atom. The topological polar surface area (TPSA) is 38.3 Å². The van der Waals surface area contributed by atoms with E-state index in [1.54, 1.807) is 13.8 Å². The molecule has 2 atom stereocenters. The third kappa shape index (κ3) is 3.70. The Morgan fingerprint density at radius 3 is 2.13 bits per heavy atom. The molecule has 0 saturated carbocycles. The van der Waals surface area contributed by atoms with Crippen molar-refractivity contribution in [3.8, 4) is 0 Å². The highest BCUT2D eigenvalue weighted by Crippen LogP contribution is 2.21. The number of halogens is 3. The molecule has 0 radical (unpaired) electrons. The molecule has 0 spiro atoms. The van der Waals surface area contributed by atoms with Crippen LogP contribution in [0, 0.1) is 0 Å². The Bertz CT molecular complexity index is 232. The maximum Gasteiger partial charge on any atom is 0.471 e. The van der Waals surface area contributed by atoms with Crippen LogP contribution in [-0.2, 0) is 9.53 Å². The Morgan fingerprint density at radius 2 is 1.73 bits per heavy atom. The van der Waals surface area contributed by atoms with Crippen LogP contribution >= 0.6 is 0 Å². The van der Waals surface area contributed by atoms with Gasteiger partial charge in [-0.15, -0.1) is 0 Å². The summed E-state index contributed by atoms with van der Waals surface area (Å²) >= 11 is 0. The summed E-state index contributed by atoms with van der Waals surface area (Å²) in [7, 11) is 0. The minimum Gasteiger partial charge on any atom is -0.375 e. The van der Waals surface area contributed by atoms with Crippen molar-refractivity contribution in [1.29, 1.82) is 0 Å². The van der Waals surface area contributed by atoms with Crippen molar-refractivity contribution in [2.45, 2.75) is 51.1 Å². The van der Waals surface area contributed by atoms with Crippen molar-refractivity contribution in [1.82, 2.24) is 5.32 Å². The molecule has 1 aliphatic heterocycles. The third-order valence-corrected chi connectivity index (χ3v) is 2.29. The molecule has 1 heterocycles. The standard InChI is InChI=1S/C9H14F3NO2/c1-5-3-7(4-6(2)15-5)13-8(14)9(10,11)12/h5-7H,3-4H2,1-2H3,(H,13,14). The van der Waals surface area contributed by atoms with Crippen LogP contribution in [0.4, 0.5) is 13.2 Å². The molecule has 0 aromatic heterocycles. The van der Waals surface area contributed by atoms with Crippen LogP contribution in [-0.4, -0.2) is 30.3 Å². The van der Waals surface area contributed by atoms with E-state index >= 15 is 0 Å². The molecule has 1 saturated heterocycles. The number of ether oxygens (including phenoxy) is 1. The number of amides is 1. The minimum absolute atomic E-state index is 0.118. The zero-order chi connectivity index (χ0) is 11.6. The van der Waals surface area contributed by atoms with Crippen molar-refractivity contribution in [3.05, 3.63) is 0 Å². The van der Waals surface area contributed by atoms with Gasteiger partial charge in [-0.2, -0.15) is 13.2 Å². The van der Waals surface area contributed by atoms with Gasteiger partial charge in [-0.05, 0) is 26.7 Å². The van der Waals surface area contributed by atoms with E-state index in [0.29, 0.717) is 12.8 Å². The molecule has 1 aliphatic rings. The molecule has 0 bridgehead atoms. The summed E-state index contributed by atoms with van der Waals surface area (Å²) in [5.41, 5.74) is 0. The molecule has 0 aromatic carbocycles. The highest BCUT2D eigenvalue weighted by Gasteiger charge is 2.40. The van der Waals surface area contributed by atoms with Gasteiger partial charge < -0.3 is 10.1 Å². The monoisotopic (exact) mass is 225 g/mol. The number of hydrogen-bond donors (Lipinski definition) is 1. The van der Waals surface area contributed by atoms with Gasteiger partial charge in [0.1, 0.15) is 0 Å². The lowest BCUT2D eigenvalue weighted by Crippen LogP contribution is -2.48. The van der Waals surface area contributed by atoms with E-state index in [1.807, 2.05) is 5.32 Å². The lowest BCUT2D eigenvalue weighted by atomic mass is 10.00. The van der Waals surface area contributed by atoms with Crippen LogP contribution in [0.2, 0.25) is 0 Å². The second kappa shape index (κ2) is 4.38. The fraction of sp³-hybridized carbons (Fsp3) is 0.889. The summed E-state index contributed by atoms with van der Waals surface area (Å²) in [4.78, 5) is 10.7. The van der Waals surface area contributed by atoms with E-state index in [-0.39, 0.29) is 12.2 Å². The van der Waals surface area contributed by atoms with Gasteiger partial charge in [-0.3, -0.25) is 4.79 Å². The molecule has 3 nitrogen and oxygen atoms in total. The Labute approximate surface area is 86.0 Å². The molecule has 1 fully saturated rings. The smallest absolute Gasteiger partial charge is 0.375 e. The van der Waals surface area contributed by atoms with E-state index in [9.17, 15) is 18.0 Å². The zero-order valence-electron chi connectivity index (χ0n) is 8.60. The largest absolute Gasteiger partial charge is 0.471 e. The molecule has 0 aliphatic carbocycles. The summed E-state index contributed by atoms with van der Waals surface area (Å²) in [6, 6.07) is -0.446. The first kappa shape index (κ1) is 12.3. The second-order valence-electron chi connectivity index (χ2n) is 3.90. The minimum atomic E-state index is -4.80. The lowest BCUT2D eigenvalue weighted by molar-refractivity contribution is -0.175. The molecule has 88 valence electrons. The van der Waals surface area contributed by atoms with Gasteiger partial charge in [0.25, 0.3) is 0 Å². The van der Waals surface area contributed by atoms with Crippen molar-refractivity contribution >= 4 is 5.91 Å². The normalized spacial score (nSPS) is 32.5. The van der Waals surface area contributed by atoms with Gasteiger partial charge in [-0.1, -0.05) is 0 Å². The van der Waals surface area contributed by atoms with E-state index in [0.717, 1.165) is 0 Å². The first-order valence-corrected chi connectivity index (χ1v) is 4.82. The van der Waals surface area contributed by atoms with Crippen molar-refractivity contribution < 1.29 is 22.7 Å². The highest BCUT2D eigenvalue weighted by molar-refractivity contribution is 5.81. The van der Waals surface area contributed by atoms with Crippen LogP contribution in [0.5, 0.6) is 0 Å². The molecule has 2 unspecified atom stereocenters. The van der Waals surface area contributed by atoms with Crippen LogP contribution in [0.15, 0.2) is 0 Å². The fourth-order valence-corrected chi connectivity index (χ4v) is 1.79. The molecule has 0 aromatic rings. The molecular weight excluding hydrogens is 211 g/mol. The van der Waals surface area contributed by atoms with Gasteiger partial charge >= 0.3 is 12.1 Å². The highest BCUT2D eigenvalue weighted by atomic mass is 19.4. The SMILES string of the molecule is CC1CC(NC(=O)C(F)(F)F)CC(C)O1. The van der Waals surface area contributed by atoms with E-state index in [1.165, 1.54) is 0 Å². The first-order chi connectivity index (χ1) is 6.79. The maximum absolute atomic E-state index is 12.0. The summed E-state index contributed by atoms with van der Waals surface area (Å²) in [6.07, 6.45) is -4.19. The molecular formula is C9H14F3NO2. The van der Waals surface area contributed by atoms with Crippen LogP contribution < -0.4 is 5.32 Å². The number of alkyl halides is 3. The maximum atomic E-state index is 12.0. The summed E-state index contributed by atoms with van der Waals surface area (Å²) in [5, 5.41) is 1.98. The second-order valence-corrected chi connectivity index (χ2v) is 3.90. The predicted octanol–water partition coefficient (Wildman–Crippen LogP) is 1.62. The molecule has 1 rings (SSSR count). The van der Waals surface area contributed by atoms with E-state index in [2.05, 4.69) is 0 Å². The van der Waals surface area contributed by atoms with Gasteiger partial charge in [0.05, 0.1) is 12.2 Å². The molecule has 1 N–H and O–H groups in total. The van der Waals surface area contributed by atoms with Crippen molar-refractivity contribution in [3.63, 3.8) is 0 Å². The van der Waals surface area contributed by atoms with Gasteiger partial charge in [0.2, 0.25) is 0 Å². The first-order valence-electron chi connectivity index (χ1n) is 4.82.